The van der Waals surface area contributed by atoms with Gasteiger partial charge < -0.3 is 14.2 Å². The van der Waals surface area contributed by atoms with Gasteiger partial charge in [0.2, 0.25) is 5.95 Å². The molecule has 0 N–H and O–H groups in total. The predicted molar refractivity (Wildman–Crippen MR) is 99.5 cm³/mol. The highest BCUT2D eigenvalue weighted by molar-refractivity contribution is 5.89. The fourth-order valence-electron chi connectivity index (χ4n) is 2.78. The number of hydrogen-bond donors (Lipinski definition) is 0. The molecule has 1 aliphatic rings. The molecule has 1 fully saturated rings. The zero-order valence-corrected chi connectivity index (χ0v) is 15.1. The Morgan fingerprint density at radius 3 is 2.80 bits per heavy atom. The van der Waals surface area contributed by atoms with Gasteiger partial charge in [-0.15, -0.1) is 0 Å². The van der Waals surface area contributed by atoms with Crippen molar-refractivity contribution in [3.05, 3.63) is 63.1 Å². The van der Waals surface area contributed by atoms with Gasteiger partial charge in [0.25, 0.3) is 0 Å². The predicted octanol–water partition coefficient (Wildman–Crippen LogP) is 3.44. The third kappa shape index (κ3) is 3.83. The second kappa shape index (κ2) is 8.43. The van der Waals surface area contributed by atoms with Crippen LogP contribution >= 0.6 is 0 Å². The molecule has 1 saturated heterocycles. The summed E-state index contributed by atoms with van der Waals surface area (Å²) in [4.78, 5) is 29.5. The lowest BCUT2D eigenvalue weighted by molar-refractivity contribution is -0.102. The molecule has 30 heavy (non-hydrogen) atoms. The lowest BCUT2D eigenvalue weighted by atomic mass is 10.2. The van der Waals surface area contributed by atoms with Crippen molar-refractivity contribution in [2.45, 2.75) is 12.5 Å². The number of fused-ring (bicyclic) bond motifs is 1. The molecule has 0 radical (unpaired) electrons. The Balaban J connectivity index is 1.50. The molecule has 0 saturated carbocycles. The van der Waals surface area contributed by atoms with Gasteiger partial charge in [0, 0.05) is 9.82 Å². The Kier molecular flexibility index (Phi) is 5.37. The second-order valence-electron chi connectivity index (χ2n) is 5.87. The largest absolute Gasteiger partial charge is 0.457 e. The van der Waals surface area contributed by atoms with E-state index in [1.165, 1.54) is 10.9 Å². The van der Waals surface area contributed by atoms with Gasteiger partial charge in [-0.1, -0.05) is 18.2 Å². The van der Waals surface area contributed by atoms with Gasteiger partial charge in [0.05, 0.1) is 18.5 Å². The molecular weight excluding hydrogens is 396 g/mol. The molecule has 0 spiro atoms. The van der Waals surface area contributed by atoms with Gasteiger partial charge in [0.1, 0.15) is 12.1 Å². The SMILES string of the molecule is [N-]=[N+]=Nc1nc(N=[N+]=[N-])c2ncn([C@H]3CO[C@H](COC(=O)c4ccccc4)O3)c2n1. The molecule has 4 rings (SSSR count). The summed E-state index contributed by atoms with van der Waals surface area (Å²) in [6.45, 7) is 0.0104. The van der Waals surface area contributed by atoms with Crippen molar-refractivity contribution in [3.8, 4) is 0 Å². The Labute approximate surface area is 167 Å². The van der Waals surface area contributed by atoms with Gasteiger partial charge in [-0.2, -0.15) is 0 Å². The number of azide groups is 2. The van der Waals surface area contributed by atoms with Crippen molar-refractivity contribution in [2.24, 2.45) is 10.2 Å². The van der Waals surface area contributed by atoms with E-state index in [9.17, 15) is 4.79 Å². The van der Waals surface area contributed by atoms with Crippen molar-refractivity contribution < 1.29 is 19.0 Å². The highest BCUT2D eigenvalue weighted by atomic mass is 16.7. The van der Waals surface area contributed by atoms with Gasteiger partial charge in [-0.25, -0.2) is 19.7 Å². The first-order valence-electron chi connectivity index (χ1n) is 8.53. The highest BCUT2D eigenvalue weighted by Crippen LogP contribution is 2.29. The summed E-state index contributed by atoms with van der Waals surface area (Å²) < 4.78 is 18.0. The summed E-state index contributed by atoms with van der Waals surface area (Å²) in [7, 11) is 0. The Morgan fingerprint density at radius 2 is 2.03 bits per heavy atom. The fraction of sp³-hybridized carbons (Fsp3) is 0.250. The molecule has 0 aliphatic carbocycles. The van der Waals surface area contributed by atoms with Gasteiger partial charge in [0.15, 0.2) is 24.0 Å². The topological polar surface area (TPSA) is 186 Å². The van der Waals surface area contributed by atoms with E-state index < -0.39 is 18.5 Å². The molecule has 150 valence electrons. The average Bonchev–Trinajstić information content (AvgIpc) is 3.40. The van der Waals surface area contributed by atoms with Crippen LogP contribution in [0.25, 0.3) is 32.0 Å². The standard InChI is InChI=1S/C16H12N10O4/c17-24-22-13-12-14(21-16(20-13)23-25-18)26(8-19-12)10-6-28-11(30-10)7-29-15(27)9-4-2-1-3-5-9/h1-5,8,10-11H,6-7H2/t10-,11+/m1/s1. The van der Waals surface area contributed by atoms with Crippen molar-refractivity contribution >= 4 is 28.9 Å². The maximum atomic E-state index is 12.0. The van der Waals surface area contributed by atoms with Gasteiger partial charge in [-0.3, -0.25) is 4.57 Å². The van der Waals surface area contributed by atoms with E-state index in [2.05, 4.69) is 35.0 Å². The number of benzene rings is 1. The molecule has 0 unspecified atom stereocenters. The lowest BCUT2D eigenvalue weighted by Crippen LogP contribution is -2.20. The lowest BCUT2D eigenvalue weighted by Gasteiger charge is -2.13. The van der Waals surface area contributed by atoms with Crippen LogP contribution in [0.15, 0.2) is 46.9 Å². The van der Waals surface area contributed by atoms with Crippen LogP contribution in [0.1, 0.15) is 16.6 Å². The van der Waals surface area contributed by atoms with Crippen LogP contribution in [0, 0.1) is 0 Å². The van der Waals surface area contributed by atoms with Crippen LogP contribution in [0.4, 0.5) is 11.8 Å². The fourth-order valence-corrected chi connectivity index (χ4v) is 2.78. The number of carbonyl (C=O) groups is 1. The summed E-state index contributed by atoms with van der Waals surface area (Å²) >= 11 is 0. The van der Waals surface area contributed by atoms with Crippen LogP contribution in [0.2, 0.25) is 0 Å². The summed E-state index contributed by atoms with van der Waals surface area (Å²) in [6.07, 6.45) is -0.0413. The zero-order chi connectivity index (χ0) is 20.9. The number of esters is 1. The molecule has 3 heterocycles. The molecule has 2 aromatic heterocycles. The first kappa shape index (κ1) is 19.1. The zero-order valence-electron chi connectivity index (χ0n) is 15.1. The summed E-state index contributed by atoms with van der Waals surface area (Å²) in [5.41, 5.74) is 18.2. The van der Waals surface area contributed by atoms with E-state index in [-0.39, 0.29) is 36.1 Å². The minimum Gasteiger partial charge on any atom is -0.457 e. The second-order valence-corrected chi connectivity index (χ2v) is 5.87. The number of imidazole rings is 1. The number of carbonyl (C=O) groups excluding carboxylic acids is 1. The maximum Gasteiger partial charge on any atom is 0.338 e. The first-order valence-corrected chi connectivity index (χ1v) is 8.53. The number of nitrogens with zero attached hydrogens (tertiary/aromatic N) is 10. The van der Waals surface area contributed by atoms with Gasteiger partial charge >= 0.3 is 5.97 Å². The number of hydrogen-bond acceptors (Lipinski definition) is 9. The van der Waals surface area contributed by atoms with Crippen LogP contribution in [0.3, 0.4) is 0 Å². The molecule has 0 bridgehead atoms. The van der Waals surface area contributed by atoms with Crippen LogP contribution in [0.5, 0.6) is 0 Å². The van der Waals surface area contributed by atoms with Crippen molar-refractivity contribution in [1.29, 1.82) is 0 Å². The maximum absolute atomic E-state index is 12.0. The van der Waals surface area contributed by atoms with E-state index >= 15 is 0 Å². The normalized spacial score (nSPS) is 17.9. The minimum absolute atomic E-state index is 0.0871. The molecule has 0 amide bonds. The van der Waals surface area contributed by atoms with Crippen LogP contribution in [-0.2, 0) is 14.2 Å². The van der Waals surface area contributed by atoms with Crippen molar-refractivity contribution in [2.75, 3.05) is 13.2 Å². The summed E-state index contributed by atoms with van der Waals surface area (Å²) in [5.74, 6) is -0.817. The van der Waals surface area contributed by atoms with Gasteiger partial charge in [-0.05, 0) is 33.4 Å². The Hall–Kier alpha value is -4.22. The van der Waals surface area contributed by atoms with Crippen molar-refractivity contribution in [1.82, 2.24) is 19.5 Å². The molecule has 14 nitrogen and oxygen atoms in total. The Morgan fingerprint density at radius 1 is 1.23 bits per heavy atom. The number of rotatable bonds is 6. The van der Waals surface area contributed by atoms with E-state index in [0.717, 1.165) is 0 Å². The van der Waals surface area contributed by atoms with Crippen LogP contribution in [-0.4, -0.2) is 45.0 Å². The van der Waals surface area contributed by atoms with E-state index in [1.54, 1.807) is 30.3 Å². The summed E-state index contributed by atoms with van der Waals surface area (Å²) in [6, 6.07) is 8.54. The molecule has 1 aliphatic heterocycles. The Bertz CT molecular complexity index is 1180. The molecule has 1 aromatic carbocycles. The van der Waals surface area contributed by atoms with E-state index in [4.69, 9.17) is 25.3 Å². The minimum atomic E-state index is -0.796. The smallest absolute Gasteiger partial charge is 0.338 e. The quantitative estimate of drug-likeness (QED) is 0.258. The van der Waals surface area contributed by atoms with E-state index in [0.29, 0.717) is 5.56 Å². The first-order chi connectivity index (χ1) is 14.7. The summed E-state index contributed by atoms with van der Waals surface area (Å²) in [5, 5.41) is 6.80. The molecule has 3 aromatic rings. The third-order valence-corrected chi connectivity index (χ3v) is 4.07. The van der Waals surface area contributed by atoms with E-state index in [1.807, 2.05) is 0 Å². The molecular formula is C16H12N10O4. The number of ether oxygens (including phenoxy) is 3. The third-order valence-electron chi connectivity index (χ3n) is 4.07. The molecule has 2 atom stereocenters. The highest BCUT2D eigenvalue weighted by Gasteiger charge is 2.30. The van der Waals surface area contributed by atoms with Crippen LogP contribution < -0.4 is 0 Å². The monoisotopic (exact) mass is 408 g/mol. The molecule has 14 heteroatoms. The number of aromatic nitrogens is 4. The van der Waals surface area contributed by atoms with Crippen molar-refractivity contribution in [3.63, 3.8) is 0 Å². The average molecular weight is 408 g/mol.